The standard InChI is InChI=1S/C13H19FN2O.ClH/c1-9(13(17)16-10(2)8-15)6-11-4-3-5-12(14)7-11;/h3-5,7,9-10H,6,8,15H2,1-2H3,(H,16,17);1H/t9?,10-;/m0./s1. The zero-order valence-electron chi connectivity index (χ0n) is 10.7. The topological polar surface area (TPSA) is 55.1 Å². The summed E-state index contributed by atoms with van der Waals surface area (Å²) in [6.07, 6.45) is 0.529. The Balaban J connectivity index is 0.00000289. The number of rotatable bonds is 5. The van der Waals surface area contributed by atoms with Crippen molar-refractivity contribution in [3.05, 3.63) is 35.6 Å². The van der Waals surface area contributed by atoms with Crippen LogP contribution in [0.25, 0.3) is 0 Å². The van der Waals surface area contributed by atoms with E-state index in [1.165, 1.54) is 12.1 Å². The molecule has 1 aromatic rings. The number of nitrogens with two attached hydrogens (primary N) is 1. The van der Waals surface area contributed by atoms with Gasteiger partial charge in [0.05, 0.1) is 0 Å². The first kappa shape index (κ1) is 16.9. The lowest BCUT2D eigenvalue weighted by Gasteiger charge is -2.16. The predicted octanol–water partition coefficient (Wildman–Crippen LogP) is 1.89. The van der Waals surface area contributed by atoms with Crippen LogP contribution in [0.4, 0.5) is 4.39 Å². The predicted molar refractivity (Wildman–Crippen MR) is 73.2 cm³/mol. The Kier molecular flexibility index (Phi) is 7.55. The molecule has 18 heavy (non-hydrogen) atoms. The van der Waals surface area contributed by atoms with Crippen LogP contribution in [0.15, 0.2) is 24.3 Å². The lowest BCUT2D eigenvalue weighted by molar-refractivity contribution is -0.125. The van der Waals surface area contributed by atoms with Crippen molar-refractivity contribution in [2.75, 3.05) is 6.54 Å². The van der Waals surface area contributed by atoms with Crippen LogP contribution in [-0.4, -0.2) is 18.5 Å². The van der Waals surface area contributed by atoms with Gasteiger partial charge in [0.15, 0.2) is 0 Å². The molecule has 0 heterocycles. The molecule has 0 aliphatic carbocycles. The molecule has 1 amide bonds. The van der Waals surface area contributed by atoms with Gasteiger partial charge in [-0.05, 0) is 31.0 Å². The third kappa shape index (κ3) is 5.47. The lowest BCUT2D eigenvalue weighted by Crippen LogP contribution is -2.41. The van der Waals surface area contributed by atoms with Gasteiger partial charge in [-0.15, -0.1) is 12.4 Å². The molecule has 2 atom stereocenters. The van der Waals surface area contributed by atoms with E-state index in [0.29, 0.717) is 13.0 Å². The monoisotopic (exact) mass is 274 g/mol. The first-order valence-electron chi connectivity index (χ1n) is 5.77. The molecular weight excluding hydrogens is 255 g/mol. The Morgan fingerprint density at radius 3 is 2.67 bits per heavy atom. The summed E-state index contributed by atoms with van der Waals surface area (Å²) in [5, 5.41) is 2.81. The van der Waals surface area contributed by atoms with Crippen molar-refractivity contribution < 1.29 is 9.18 Å². The quantitative estimate of drug-likeness (QED) is 0.862. The molecule has 0 saturated carbocycles. The molecule has 0 spiro atoms. The minimum Gasteiger partial charge on any atom is -0.352 e. The van der Waals surface area contributed by atoms with Gasteiger partial charge in [0, 0.05) is 18.5 Å². The second-order valence-corrected chi connectivity index (χ2v) is 4.38. The van der Waals surface area contributed by atoms with Crippen molar-refractivity contribution in [3.8, 4) is 0 Å². The number of carbonyl (C=O) groups is 1. The highest BCUT2D eigenvalue weighted by molar-refractivity contribution is 5.85. The number of carbonyl (C=O) groups excluding carboxylic acids is 1. The smallest absolute Gasteiger partial charge is 0.223 e. The average Bonchev–Trinajstić information content (AvgIpc) is 2.28. The summed E-state index contributed by atoms with van der Waals surface area (Å²) >= 11 is 0. The average molecular weight is 275 g/mol. The van der Waals surface area contributed by atoms with Crippen molar-refractivity contribution in [2.45, 2.75) is 26.3 Å². The highest BCUT2D eigenvalue weighted by Crippen LogP contribution is 2.10. The van der Waals surface area contributed by atoms with Crippen LogP contribution in [0.1, 0.15) is 19.4 Å². The summed E-state index contributed by atoms with van der Waals surface area (Å²) < 4.78 is 13.0. The highest BCUT2D eigenvalue weighted by atomic mass is 35.5. The fourth-order valence-corrected chi connectivity index (χ4v) is 1.55. The van der Waals surface area contributed by atoms with Crippen molar-refractivity contribution >= 4 is 18.3 Å². The Morgan fingerprint density at radius 2 is 2.11 bits per heavy atom. The lowest BCUT2D eigenvalue weighted by atomic mass is 10.00. The van der Waals surface area contributed by atoms with Crippen molar-refractivity contribution in [1.82, 2.24) is 5.32 Å². The SMILES string of the molecule is CC(Cc1cccc(F)c1)C(=O)N[C@@H](C)CN.Cl. The summed E-state index contributed by atoms with van der Waals surface area (Å²) in [5.74, 6) is -0.511. The van der Waals surface area contributed by atoms with E-state index in [1.807, 2.05) is 19.9 Å². The Hall–Kier alpha value is -1.13. The van der Waals surface area contributed by atoms with E-state index < -0.39 is 0 Å². The number of nitrogens with one attached hydrogen (secondary N) is 1. The van der Waals surface area contributed by atoms with Crippen LogP contribution in [0.3, 0.4) is 0 Å². The van der Waals surface area contributed by atoms with Crippen LogP contribution in [0.2, 0.25) is 0 Å². The number of benzene rings is 1. The van der Waals surface area contributed by atoms with Gasteiger partial charge in [-0.25, -0.2) is 4.39 Å². The third-order valence-electron chi connectivity index (χ3n) is 2.62. The highest BCUT2D eigenvalue weighted by Gasteiger charge is 2.15. The van der Waals surface area contributed by atoms with E-state index in [4.69, 9.17) is 5.73 Å². The maximum Gasteiger partial charge on any atom is 0.223 e. The molecular formula is C13H20ClFN2O. The number of halogens is 2. The van der Waals surface area contributed by atoms with Gasteiger partial charge in [0.1, 0.15) is 5.82 Å². The molecule has 3 nitrogen and oxygen atoms in total. The van der Waals surface area contributed by atoms with Gasteiger partial charge in [-0.3, -0.25) is 4.79 Å². The molecule has 0 aromatic heterocycles. The van der Waals surface area contributed by atoms with E-state index in [-0.39, 0.29) is 36.1 Å². The van der Waals surface area contributed by atoms with Crippen LogP contribution >= 0.6 is 12.4 Å². The minimum atomic E-state index is -0.273. The van der Waals surface area contributed by atoms with Gasteiger partial charge >= 0.3 is 0 Å². The molecule has 1 aromatic carbocycles. The summed E-state index contributed by atoms with van der Waals surface area (Å²) in [6, 6.07) is 6.29. The number of hydrogen-bond donors (Lipinski definition) is 2. The largest absolute Gasteiger partial charge is 0.352 e. The van der Waals surface area contributed by atoms with E-state index in [1.54, 1.807) is 6.07 Å². The fourth-order valence-electron chi connectivity index (χ4n) is 1.55. The van der Waals surface area contributed by atoms with Crippen molar-refractivity contribution in [2.24, 2.45) is 11.7 Å². The zero-order valence-corrected chi connectivity index (χ0v) is 11.5. The normalized spacial score (nSPS) is 13.3. The molecule has 0 aliphatic heterocycles. The maximum atomic E-state index is 13.0. The molecule has 3 N–H and O–H groups in total. The molecule has 0 bridgehead atoms. The van der Waals surface area contributed by atoms with Crippen LogP contribution in [0, 0.1) is 11.7 Å². The first-order chi connectivity index (χ1) is 8.02. The Bertz CT molecular complexity index is 387. The molecule has 1 rings (SSSR count). The van der Waals surface area contributed by atoms with E-state index >= 15 is 0 Å². The zero-order chi connectivity index (χ0) is 12.8. The van der Waals surface area contributed by atoms with Crippen molar-refractivity contribution in [3.63, 3.8) is 0 Å². The van der Waals surface area contributed by atoms with Gasteiger partial charge in [-0.2, -0.15) is 0 Å². The van der Waals surface area contributed by atoms with Gasteiger partial charge < -0.3 is 11.1 Å². The van der Waals surface area contributed by atoms with Crippen LogP contribution < -0.4 is 11.1 Å². The molecule has 0 saturated heterocycles. The van der Waals surface area contributed by atoms with Crippen molar-refractivity contribution in [1.29, 1.82) is 0 Å². The second-order valence-electron chi connectivity index (χ2n) is 4.38. The number of hydrogen-bond acceptors (Lipinski definition) is 2. The van der Waals surface area contributed by atoms with Gasteiger partial charge in [0.2, 0.25) is 5.91 Å². The molecule has 102 valence electrons. The number of amides is 1. The summed E-state index contributed by atoms with van der Waals surface area (Å²) in [7, 11) is 0. The first-order valence-corrected chi connectivity index (χ1v) is 5.77. The second kappa shape index (κ2) is 8.06. The van der Waals surface area contributed by atoms with E-state index in [9.17, 15) is 9.18 Å². The molecule has 0 fully saturated rings. The third-order valence-corrected chi connectivity index (χ3v) is 2.62. The van der Waals surface area contributed by atoms with Gasteiger partial charge in [0.25, 0.3) is 0 Å². The maximum absolute atomic E-state index is 13.0. The van der Waals surface area contributed by atoms with Crippen LogP contribution in [-0.2, 0) is 11.2 Å². The van der Waals surface area contributed by atoms with Crippen LogP contribution in [0.5, 0.6) is 0 Å². The van der Waals surface area contributed by atoms with E-state index in [0.717, 1.165) is 5.56 Å². The molecule has 1 unspecified atom stereocenters. The molecule has 5 heteroatoms. The Labute approximate surface area is 113 Å². The molecule has 0 aliphatic rings. The summed E-state index contributed by atoms with van der Waals surface area (Å²) in [4.78, 5) is 11.7. The summed E-state index contributed by atoms with van der Waals surface area (Å²) in [6.45, 7) is 4.09. The fraction of sp³-hybridized carbons (Fsp3) is 0.462. The summed E-state index contributed by atoms with van der Waals surface area (Å²) in [5.41, 5.74) is 6.26. The van der Waals surface area contributed by atoms with E-state index in [2.05, 4.69) is 5.32 Å². The molecule has 0 radical (unpaired) electrons. The minimum absolute atomic E-state index is 0. The van der Waals surface area contributed by atoms with Gasteiger partial charge in [-0.1, -0.05) is 19.1 Å². The Morgan fingerprint density at radius 1 is 1.44 bits per heavy atom.